The van der Waals surface area contributed by atoms with Crippen molar-refractivity contribution in [2.24, 2.45) is 0 Å². The van der Waals surface area contributed by atoms with Gasteiger partial charge < -0.3 is 0 Å². The zero-order chi connectivity index (χ0) is 9.78. The monoisotopic (exact) mass is 175 g/mol. The second kappa shape index (κ2) is 10.7. The summed E-state index contributed by atoms with van der Waals surface area (Å²) in [5.41, 5.74) is 0. The van der Waals surface area contributed by atoms with Gasteiger partial charge in [-0.1, -0.05) is 50.1 Å². The SMILES string of the molecule is CCCCC/C=C/C=C/C=C/C#N. The summed E-state index contributed by atoms with van der Waals surface area (Å²) in [5, 5.41) is 8.18. The number of hydrogen-bond donors (Lipinski definition) is 0. The molecule has 0 bridgehead atoms. The van der Waals surface area contributed by atoms with Gasteiger partial charge in [0.15, 0.2) is 0 Å². The van der Waals surface area contributed by atoms with E-state index >= 15 is 0 Å². The predicted octanol–water partition coefficient (Wildman–Crippen LogP) is 3.76. The average molecular weight is 175 g/mol. The van der Waals surface area contributed by atoms with Crippen LogP contribution in [0, 0.1) is 11.3 Å². The minimum atomic E-state index is 1.15. The van der Waals surface area contributed by atoms with E-state index in [4.69, 9.17) is 5.26 Å². The van der Waals surface area contributed by atoms with Gasteiger partial charge in [-0.2, -0.15) is 5.26 Å². The highest BCUT2D eigenvalue weighted by Gasteiger charge is 1.79. The van der Waals surface area contributed by atoms with Crippen molar-refractivity contribution in [1.29, 1.82) is 5.26 Å². The molecule has 1 nitrogen and oxygen atoms in total. The third kappa shape index (κ3) is 10.7. The van der Waals surface area contributed by atoms with Gasteiger partial charge in [0.2, 0.25) is 0 Å². The fourth-order valence-corrected chi connectivity index (χ4v) is 0.914. The van der Waals surface area contributed by atoms with Crippen LogP contribution in [0.3, 0.4) is 0 Å². The zero-order valence-electron chi connectivity index (χ0n) is 8.24. The molecule has 0 radical (unpaired) electrons. The van der Waals surface area contributed by atoms with E-state index in [0.29, 0.717) is 0 Å². The van der Waals surface area contributed by atoms with Crippen LogP contribution in [0.25, 0.3) is 0 Å². The van der Waals surface area contributed by atoms with Crippen LogP contribution in [-0.2, 0) is 0 Å². The fraction of sp³-hybridized carbons (Fsp3) is 0.417. The van der Waals surface area contributed by atoms with Crippen LogP contribution in [0.15, 0.2) is 36.5 Å². The molecule has 0 aromatic rings. The summed E-state index contributed by atoms with van der Waals surface area (Å²) in [6.07, 6.45) is 16.2. The highest BCUT2D eigenvalue weighted by atomic mass is 14.2. The first kappa shape index (κ1) is 11.7. The van der Waals surface area contributed by atoms with E-state index in [1.165, 1.54) is 25.3 Å². The van der Waals surface area contributed by atoms with Crippen LogP contribution in [0.1, 0.15) is 32.6 Å². The van der Waals surface area contributed by atoms with Gasteiger partial charge in [-0.05, 0) is 12.8 Å². The molecule has 0 amide bonds. The van der Waals surface area contributed by atoms with Crippen molar-refractivity contribution in [2.45, 2.75) is 32.6 Å². The van der Waals surface area contributed by atoms with Gasteiger partial charge in [-0.15, -0.1) is 0 Å². The molecule has 13 heavy (non-hydrogen) atoms. The number of nitrogens with zero attached hydrogens (tertiary/aromatic N) is 1. The predicted molar refractivity (Wildman–Crippen MR) is 57.2 cm³/mol. The van der Waals surface area contributed by atoms with Gasteiger partial charge in [0, 0.05) is 6.08 Å². The second-order valence-corrected chi connectivity index (χ2v) is 2.80. The molecule has 0 N–H and O–H groups in total. The molecule has 0 rings (SSSR count). The van der Waals surface area contributed by atoms with Crippen molar-refractivity contribution < 1.29 is 0 Å². The van der Waals surface area contributed by atoms with Crippen LogP contribution in [0.4, 0.5) is 0 Å². The van der Waals surface area contributed by atoms with Crippen LogP contribution in [0.5, 0.6) is 0 Å². The zero-order valence-corrected chi connectivity index (χ0v) is 8.24. The minimum Gasteiger partial charge on any atom is -0.193 e. The molecule has 0 atom stereocenters. The highest BCUT2D eigenvalue weighted by Crippen LogP contribution is 1.99. The highest BCUT2D eigenvalue weighted by molar-refractivity contribution is 5.15. The van der Waals surface area contributed by atoms with Gasteiger partial charge in [-0.25, -0.2) is 0 Å². The van der Waals surface area contributed by atoms with Crippen LogP contribution in [-0.4, -0.2) is 0 Å². The molecule has 0 spiro atoms. The number of rotatable bonds is 6. The topological polar surface area (TPSA) is 23.8 Å². The minimum absolute atomic E-state index is 1.15. The summed E-state index contributed by atoms with van der Waals surface area (Å²) in [6, 6.07) is 1.93. The summed E-state index contributed by atoms with van der Waals surface area (Å²) < 4.78 is 0. The Balaban J connectivity index is 3.36. The van der Waals surface area contributed by atoms with Crippen LogP contribution < -0.4 is 0 Å². The molecule has 0 aliphatic rings. The molecule has 0 heterocycles. The first-order chi connectivity index (χ1) is 6.41. The van der Waals surface area contributed by atoms with E-state index in [2.05, 4.69) is 13.0 Å². The average Bonchev–Trinajstić information content (AvgIpc) is 2.16. The summed E-state index contributed by atoms with van der Waals surface area (Å²) in [5.74, 6) is 0. The molecular formula is C12H17N. The van der Waals surface area contributed by atoms with Crippen LogP contribution >= 0.6 is 0 Å². The normalized spacial score (nSPS) is 11.7. The van der Waals surface area contributed by atoms with E-state index in [9.17, 15) is 0 Å². The molecule has 0 aliphatic carbocycles. The van der Waals surface area contributed by atoms with Gasteiger partial charge in [-0.3, -0.25) is 0 Å². The van der Waals surface area contributed by atoms with Crippen LogP contribution in [0.2, 0.25) is 0 Å². The third-order valence-corrected chi connectivity index (χ3v) is 1.61. The first-order valence-electron chi connectivity index (χ1n) is 4.79. The molecule has 0 fully saturated rings. The van der Waals surface area contributed by atoms with E-state index in [0.717, 1.165) is 6.42 Å². The molecule has 70 valence electrons. The third-order valence-electron chi connectivity index (χ3n) is 1.61. The smallest absolute Gasteiger partial charge is 0.0912 e. The van der Waals surface area contributed by atoms with E-state index in [1.54, 1.807) is 6.08 Å². The lowest BCUT2D eigenvalue weighted by Crippen LogP contribution is -1.69. The van der Waals surface area contributed by atoms with Gasteiger partial charge in [0.1, 0.15) is 0 Å². The molecule has 0 aromatic heterocycles. The lowest BCUT2D eigenvalue weighted by molar-refractivity contribution is 0.729. The maximum atomic E-state index is 8.18. The molecule has 0 saturated heterocycles. The van der Waals surface area contributed by atoms with Crippen molar-refractivity contribution in [3.63, 3.8) is 0 Å². The Labute approximate surface area is 81.1 Å². The number of unbranched alkanes of at least 4 members (excludes halogenated alkanes) is 3. The summed E-state index contributed by atoms with van der Waals surface area (Å²) in [6.45, 7) is 2.20. The number of nitriles is 1. The molecule has 0 saturated carbocycles. The maximum Gasteiger partial charge on any atom is 0.0912 e. The first-order valence-corrected chi connectivity index (χ1v) is 4.79. The number of hydrogen-bond acceptors (Lipinski definition) is 1. The van der Waals surface area contributed by atoms with Gasteiger partial charge in [0.25, 0.3) is 0 Å². The Morgan fingerprint density at radius 1 is 1.08 bits per heavy atom. The van der Waals surface area contributed by atoms with Gasteiger partial charge >= 0.3 is 0 Å². The lowest BCUT2D eigenvalue weighted by atomic mass is 10.2. The van der Waals surface area contributed by atoms with Crippen molar-refractivity contribution in [3.8, 4) is 6.07 Å². The Bertz CT molecular complexity index is 216. The second-order valence-electron chi connectivity index (χ2n) is 2.80. The number of allylic oxidation sites excluding steroid dienone is 6. The Morgan fingerprint density at radius 3 is 2.54 bits per heavy atom. The summed E-state index contributed by atoms with van der Waals surface area (Å²) in [7, 11) is 0. The van der Waals surface area contributed by atoms with Crippen molar-refractivity contribution in [1.82, 2.24) is 0 Å². The van der Waals surface area contributed by atoms with Gasteiger partial charge in [0.05, 0.1) is 6.07 Å². The van der Waals surface area contributed by atoms with Crippen molar-refractivity contribution in [2.75, 3.05) is 0 Å². The Morgan fingerprint density at radius 2 is 1.85 bits per heavy atom. The molecule has 0 unspecified atom stereocenters. The Hall–Kier alpha value is -1.29. The molecular weight excluding hydrogens is 158 g/mol. The van der Waals surface area contributed by atoms with Crippen molar-refractivity contribution in [3.05, 3.63) is 36.5 Å². The van der Waals surface area contributed by atoms with E-state index in [1.807, 2.05) is 24.3 Å². The molecule has 0 aromatic carbocycles. The molecule has 1 heteroatoms. The standard InChI is InChI=1S/C12H17N/c1-2-3-4-5-6-7-8-9-10-11-12-13/h6-11H,2-5H2,1H3/b7-6+,9-8+,11-10+. The quantitative estimate of drug-likeness (QED) is 0.342. The largest absolute Gasteiger partial charge is 0.193 e. The van der Waals surface area contributed by atoms with Crippen molar-refractivity contribution >= 4 is 0 Å². The lowest BCUT2D eigenvalue weighted by Gasteiger charge is -1.89. The Kier molecular flexibility index (Phi) is 9.65. The molecule has 0 aliphatic heterocycles. The summed E-state index contributed by atoms with van der Waals surface area (Å²) >= 11 is 0. The maximum absolute atomic E-state index is 8.18. The fourth-order valence-electron chi connectivity index (χ4n) is 0.914. The van der Waals surface area contributed by atoms with E-state index in [-0.39, 0.29) is 0 Å². The van der Waals surface area contributed by atoms with E-state index < -0.39 is 0 Å². The summed E-state index contributed by atoms with van der Waals surface area (Å²) in [4.78, 5) is 0.